The van der Waals surface area contributed by atoms with Crippen LogP contribution in [0.1, 0.15) is 37.5 Å². The van der Waals surface area contributed by atoms with Crippen molar-refractivity contribution in [1.82, 2.24) is 10.3 Å². The smallest absolute Gasteiger partial charge is 0.346 e. The first kappa shape index (κ1) is 17.5. The standard InChI is InChI=1S/C18H24N4O3S/c1-13-4-6-18(7-5-13)16(23)22(17(24)20-18)19-12-14-2-3-15(26-14)21-8-10-25-11-9-21/h2-3,12-13H,4-11H2,1H3,(H,20,24)/b19-12+. The van der Waals surface area contributed by atoms with Crippen LogP contribution in [0.15, 0.2) is 17.2 Å². The number of carbonyl (C=O) groups excluding carboxylic acids is 2. The predicted octanol–water partition coefficient (Wildman–Crippen LogP) is 2.42. The third kappa shape index (κ3) is 3.23. The topological polar surface area (TPSA) is 74.2 Å². The normalized spacial score (nSPS) is 29.8. The monoisotopic (exact) mass is 376 g/mol. The van der Waals surface area contributed by atoms with E-state index in [9.17, 15) is 9.59 Å². The van der Waals surface area contributed by atoms with Crippen molar-refractivity contribution in [1.29, 1.82) is 0 Å². The Bertz CT molecular complexity index is 718. The Balaban J connectivity index is 1.44. The van der Waals surface area contributed by atoms with Crippen molar-refractivity contribution in [3.05, 3.63) is 17.0 Å². The van der Waals surface area contributed by atoms with E-state index in [1.54, 1.807) is 17.6 Å². The van der Waals surface area contributed by atoms with Crippen molar-refractivity contribution in [3.63, 3.8) is 0 Å². The zero-order valence-corrected chi connectivity index (χ0v) is 15.8. The van der Waals surface area contributed by atoms with Gasteiger partial charge in [0.25, 0.3) is 5.91 Å². The van der Waals surface area contributed by atoms with E-state index in [1.165, 1.54) is 0 Å². The van der Waals surface area contributed by atoms with Crippen LogP contribution in [-0.4, -0.2) is 55.0 Å². The molecule has 0 atom stereocenters. The van der Waals surface area contributed by atoms with Gasteiger partial charge in [-0.1, -0.05) is 6.92 Å². The first-order valence-electron chi connectivity index (χ1n) is 9.21. The van der Waals surface area contributed by atoms with Gasteiger partial charge in [-0.15, -0.1) is 16.3 Å². The Kier molecular flexibility index (Phi) is 4.71. The first-order chi connectivity index (χ1) is 12.6. The van der Waals surface area contributed by atoms with E-state index in [-0.39, 0.29) is 5.91 Å². The molecular weight excluding hydrogens is 352 g/mol. The number of nitrogens with one attached hydrogen (secondary N) is 1. The van der Waals surface area contributed by atoms with Crippen LogP contribution in [0.2, 0.25) is 0 Å². The van der Waals surface area contributed by atoms with E-state index < -0.39 is 11.6 Å². The summed E-state index contributed by atoms with van der Waals surface area (Å²) in [4.78, 5) is 28.3. The van der Waals surface area contributed by atoms with Crippen molar-refractivity contribution in [2.45, 2.75) is 38.1 Å². The van der Waals surface area contributed by atoms with Gasteiger partial charge in [-0.05, 0) is 43.7 Å². The molecule has 1 saturated carbocycles. The summed E-state index contributed by atoms with van der Waals surface area (Å²) in [5.41, 5.74) is -0.741. The van der Waals surface area contributed by atoms with Gasteiger partial charge in [0, 0.05) is 18.0 Å². The number of hydrogen-bond acceptors (Lipinski definition) is 6. The molecule has 3 amide bonds. The van der Waals surface area contributed by atoms with Gasteiger partial charge in [-0.2, -0.15) is 5.10 Å². The van der Waals surface area contributed by atoms with Gasteiger partial charge >= 0.3 is 6.03 Å². The molecule has 4 rings (SSSR count). The molecule has 8 heteroatoms. The quantitative estimate of drug-likeness (QED) is 0.649. The van der Waals surface area contributed by atoms with Crippen molar-refractivity contribution < 1.29 is 14.3 Å². The van der Waals surface area contributed by atoms with Gasteiger partial charge in [-0.25, -0.2) is 4.79 Å². The number of hydrazone groups is 1. The molecule has 2 saturated heterocycles. The molecule has 26 heavy (non-hydrogen) atoms. The second kappa shape index (κ2) is 7.00. The number of ether oxygens (including phenoxy) is 1. The molecule has 3 heterocycles. The number of imide groups is 1. The molecule has 2 aliphatic heterocycles. The number of urea groups is 1. The van der Waals surface area contributed by atoms with Crippen LogP contribution < -0.4 is 10.2 Å². The maximum absolute atomic E-state index is 12.8. The van der Waals surface area contributed by atoms with E-state index >= 15 is 0 Å². The fraction of sp³-hybridized carbons (Fsp3) is 0.611. The van der Waals surface area contributed by atoms with Gasteiger partial charge < -0.3 is 15.0 Å². The van der Waals surface area contributed by atoms with Gasteiger partial charge in [0.15, 0.2) is 0 Å². The van der Waals surface area contributed by atoms with Gasteiger partial charge in [0.2, 0.25) is 0 Å². The predicted molar refractivity (Wildman–Crippen MR) is 101 cm³/mol. The summed E-state index contributed by atoms with van der Waals surface area (Å²) >= 11 is 1.60. The lowest BCUT2D eigenvalue weighted by molar-refractivity contribution is -0.132. The maximum Gasteiger partial charge on any atom is 0.346 e. The molecule has 3 aliphatic rings. The second-order valence-corrected chi connectivity index (χ2v) is 8.43. The number of morpholine rings is 1. The maximum atomic E-state index is 12.8. The molecule has 0 unspecified atom stereocenters. The highest BCUT2D eigenvalue weighted by Crippen LogP contribution is 2.36. The van der Waals surface area contributed by atoms with Crippen molar-refractivity contribution in [2.24, 2.45) is 11.0 Å². The highest BCUT2D eigenvalue weighted by molar-refractivity contribution is 7.17. The number of anilines is 1. The van der Waals surface area contributed by atoms with E-state index in [4.69, 9.17) is 4.74 Å². The van der Waals surface area contributed by atoms with E-state index in [1.807, 2.05) is 12.1 Å². The number of carbonyl (C=O) groups is 2. The van der Waals surface area contributed by atoms with Crippen LogP contribution in [0.3, 0.4) is 0 Å². The number of nitrogens with zero attached hydrogens (tertiary/aromatic N) is 3. The average molecular weight is 376 g/mol. The lowest BCUT2D eigenvalue weighted by atomic mass is 9.77. The summed E-state index contributed by atoms with van der Waals surface area (Å²) in [5, 5.41) is 9.25. The van der Waals surface area contributed by atoms with E-state index in [0.29, 0.717) is 18.8 Å². The molecule has 0 aromatic carbocycles. The summed E-state index contributed by atoms with van der Waals surface area (Å²) in [7, 11) is 0. The number of hydrogen-bond donors (Lipinski definition) is 1. The molecule has 1 aromatic rings. The number of amides is 3. The third-order valence-corrected chi connectivity index (χ3v) is 6.58. The minimum atomic E-state index is -0.741. The Morgan fingerprint density at radius 2 is 2.00 bits per heavy atom. The number of rotatable bonds is 3. The van der Waals surface area contributed by atoms with Crippen molar-refractivity contribution >= 4 is 34.5 Å². The summed E-state index contributed by atoms with van der Waals surface area (Å²) in [6, 6.07) is 3.61. The minimum absolute atomic E-state index is 0.212. The lowest BCUT2D eigenvalue weighted by Crippen LogP contribution is -2.49. The summed E-state index contributed by atoms with van der Waals surface area (Å²) in [6.07, 6.45) is 4.92. The van der Waals surface area contributed by atoms with Crippen LogP contribution in [0.25, 0.3) is 0 Å². The summed E-state index contributed by atoms with van der Waals surface area (Å²) in [6.45, 7) is 5.43. The average Bonchev–Trinajstić information content (AvgIpc) is 3.21. The highest BCUT2D eigenvalue weighted by Gasteiger charge is 2.52. The van der Waals surface area contributed by atoms with Gasteiger partial charge in [0.1, 0.15) is 5.54 Å². The molecule has 0 radical (unpaired) electrons. The zero-order chi connectivity index (χ0) is 18.1. The van der Waals surface area contributed by atoms with E-state index in [0.717, 1.165) is 54.0 Å². The van der Waals surface area contributed by atoms with Crippen molar-refractivity contribution in [3.8, 4) is 0 Å². The molecule has 140 valence electrons. The fourth-order valence-corrected chi connectivity index (χ4v) is 4.71. The van der Waals surface area contributed by atoms with Gasteiger partial charge in [-0.3, -0.25) is 4.79 Å². The van der Waals surface area contributed by atoms with Crippen molar-refractivity contribution in [2.75, 3.05) is 31.2 Å². The zero-order valence-electron chi connectivity index (χ0n) is 14.9. The third-order valence-electron chi connectivity index (χ3n) is 5.50. The molecule has 1 aromatic heterocycles. The molecule has 0 bridgehead atoms. The van der Waals surface area contributed by atoms with Crippen LogP contribution >= 0.6 is 11.3 Å². The molecule has 1 N–H and O–H groups in total. The molecule has 7 nitrogen and oxygen atoms in total. The molecule has 1 aliphatic carbocycles. The Morgan fingerprint density at radius 3 is 2.73 bits per heavy atom. The second-order valence-electron chi connectivity index (χ2n) is 7.33. The van der Waals surface area contributed by atoms with Crippen LogP contribution in [0.5, 0.6) is 0 Å². The van der Waals surface area contributed by atoms with E-state index in [2.05, 4.69) is 22.2 Å². The van der Waals surface area contributed by atoms with Crippen LogP contribution in [-0.2, 0) is 9.53 Å². The fourth-order valence-electron chi connectivity index (χ4n) is 3.78. The van der Waals surface area contributed by atoms with Crippen LogP contribution in [0.4, 0.5) is 9.80 Å². The Morgan fingerprint density at radius 1 is 1.27 bits per heavy atom. The Hall–Kier alpha value is -1.93. The molecule has 1 spiro atoms. The minimum Gasteiger partial charge on any atom is -0.378 e. The summed E-state index contributed by atoms with van der Waals surface area (Å²) in [5.74, 6) is 0.392. The van der Waals surface area contributed by atoms with Crippen LogP contribution in [0, 0.1) is 5.92 Å². The Labute approximate surface area is 157 Å². The highest BCUT2D eigenvalue weighted by atomic mass is 32.1. The largest absolute Gasteiger partial charge is 0.378 e. The SMILES string of the molecule is CC1CCC2(CC1)NC(=O)N(/N=C/c1ccc(N3CCOCC3)s1)C2=O. The molecular formula is C18H24N4O3S. The van der Waals surface area contributed by atoms with Gasteiger partial charge in [0.05, 0.1) is 24.4 Å². The lowest BCUT2D eigenvalue weighted by Gasteiger charge is -2.33. The number of thiophene rings is 1. The first-order valence-corrected chi connectivity index (χ1v) is 10.0. The molecule has 3 fully saturated rings. The summed E-state index contributed by atoms with van der Waals surface area (Å²) < 4.78 is 5.38.